The molecule has 0 spiro atoms. The van der Waals surface area contributed by atoms with Crippen molar-refractivity contribution in [2.24, 2.45) is 5.73 Å². The fourth-order valence-corrected chi connectivity index (χ4v) is 4.55. The first kappa shape index (κ1) is 16.1. The van der Waals surface area contributed by atoms with E-state index in [1.54, 1.807) is 11.3 Å². The van der Waals surface area contributed by atoms with Crippen molar-refractivity contribution >= 4 is 56.1 Å². The van der Waals surface area contributed by atoms with Gasteiger partial charge in [0.15, 0.2) is 0 Å². The smallest absolute Gasteiger partial charge is 0.260 e. The number of thiophene rings is 2. The number of halogens is 1. The van der Waals surface area contributed by atoms with Crippen molar-refractivity contribution < 1.29 is 4.79 Å². The lowest BCUT2D eigenvalue weighted by atomic mass is 10.0. The minimum Gasteiger partial charge on any atom is -0.397 e. The lowest BCUT2D eigenvalue weighted by molar-refractivity contribution is 0.100. The van der Waals surface area contributed by atoms with E-state index in [-0.39, 0.29) is 0 Å². The molecular weight excluding hydrogens is 374 g/mol. The van der Waals surface area contributed by atoms with Crippen LogP contribution in [-0.2, 0) is 0 Å². The highest BCUT2D eigenvalue weighted by atomic mass is 35.5. The molecule has 4 N–H and O–H groups in total. The number of carbonyl (C=O) groups excluding carboxylic acids is 1. The number of aromatic nitrogens is 1. The van der Waals surface area contributed by atoms with Gasteiger partial charge in [-0.3, -0.25) is 4.79 Å². The van der Waals surface area contributed by atoms with E-state index in [0.29, 0.717) is 20.4 Å². The number of fused-ring (bicyclic) bond motifs is 1. The zero-order valence-corrected chi connectivity index (χ0v) is 15.2. The van der Waals surface area contributed by atoms with Crippen molar-refractivity contribution in [3.8, 4) is 21.7 Å². The lowest BCUT2D eigenvalue weighted by Gasteiger charge is -2.07. The van der Waals surface area contributed by atoms with E-state index >= 15 is 0 Å². The third-order valence-electron chi connectivity index (χ3n) is 3.85. The van der Waals surface area contributed by atoms with E-state index in [4.69, 9.17) is 28.1 Å². The molecule has 0 bridgehead atoms. The zero-order chi connectivity index (χ0) is 17.6. The summed E-state index contributed by atoms with van der Waals surface area (Å²) in [6, 6.07) is 13.5. The van der Waals surface area contributed by atoms with Gasteiger partial charge in [-0.25, -0.2) is 4.98 Å². The lowest BCUT2D eigenvalue weighted by Crippen LogP contribution is -2.10. The maximum Gasteiger partial charge on any atom is 0.260 e. The van der Waals surface area contributed by atoms with Gasteiger partial charge in [0.1, 0.15) is 9.71 Å². The maximum atomic E-state index is 11.7. The molecule has 124 valence electrons. The third kappa shape index (κ3) is 2.78. The van der Waals surface area contributed by atoms with Crippen molar-refractivity contribution in [3.63, 3.8) is 0 Å². The van der Waals surface area contributed by atoms with Crippen LogP contribution < -0.4 is 11.5 Å². The van der Waals surface area contributed by atoms with Crippen LogP contribution in [0.1, 0.15) is 9.67 Å². The molecule has 3 aromatic heterocycles. The highest BCUT2D eigenvalue weighted by Crippen LogP contribution is 2.42. The molecule has 0 aliphatic carbocycles. The number of primary amides is 1. The van der Waals surface area contributed by atoms with Crippen LogP contribution in [-0.4, -0.2) is 10.9 Å². The molecule has 0 unspecified atom stereocenters. The van der Waals surface area contributed by atoms with E-state index in [0.717, 1.165) is 27.1 Å². The second-order valence-corrected chi connectivity index (χ2v) is 7.81. The van der Waals surface area contributed by atoms with Crippen molar-refractivity contribution in [1.82, 2.24) is 4.98 Å². The quantitative estimate of drug-likeness (QED) is 0.519. The number of hydrogen-bond acceptors (Lipinski definition) is 5. The van der Waals surface area contributed by atoms with E-state index in [1.807, 2.05) is 47.8 Å². The van der Waals surface area contributed by atoms with Crippen LogP contribution in [0.4, 0.5) is 5.69 Å². The summed E-state index contributed by atoms with van der Waals surface area (Å²) in [5.74, 6) is -0.536. The van der Waals surface area contributed by atoms with E-state index in [9.17, 15) is 4.79 Å². The highest BCUT2D eigenvalue weighted by molar-refractivity contribution is 7.21. The van der Waals surface area contributed by atoms with Crippen LogP contribution in [0.5, 0.6) is 0 Å². The van der Waals surface area contributed by atoms with Crippen LogP contribution in [0.3, 0.4) is 0 Å². The Labute approximate surface area is 156 Å². The molecule has 7 heteroatoms. The molecule has 25 heavy (non-hydrogen) atoms. The first-order valence-electron chi connectivity index (χ1n) is 7.37. The number of nitrogens with zero attached hydrogens (tertiary/aromatic N) is 1. The molecule has 0 aliphatic rings. The minimum absolute atomic E-state index is 0.341. The molecule has 4 nitrogen and oxygen atoms in total. The number of carbonyl (C=O) groups is 1. The summed E-state index contributed by atoms with van der Waals surface area (Å²) >= 11 is 8.81. The molecule has 0 radical (unpaired) electrons. The third-order valence-corrected chi connectivity index (χ3v) is 6.12. The molecule has 0 saturated heterocycles. The molecule has 0 atom stereocenters. The second-order valence-electron chi connectivity index (χ2n) is 5.43. The summed E-state index contributed by atoms with van der Waals surface area (Å²) in [5, 5.41) is 3.44. The zero-order valence-electron chi connectivity index (χ0n) is 12.8. The fourth-order valence-electron chi connectivity index (χ4n) is 2.70. The van der Waals surface area contributed by atoms with Gasteiger partial charge in [0, 0.05) is 26.4 Å². The summed E-state index contributed by atoms with van der Waals surface area (Å²) in [5.41, 5.74) is 14.8. The molecule has 4 aromatic rings. The van der Waals surface area contributed by atoms with Crippen LogP contribution >= 0.6 is 34.3 Å². The summed E-state index contributed by atoms with van der Waals surface area (Å²) < 4.78 is 0. The topological polar surface area (TPSA) is 82.0 Å². The number of hydrogen-bond donors (Lipinski definition) is 2. The Morgan fingerprint density at radius 1 is 1.16 bits per heavy atom. The average Bonchev–Trinajstić information content (AvgIpc) is 3.23. The molecule has 1 amide bonds. The number of benzene rings is 1. The van der Waals surface area contributed by atoms with Gasteiger partial charge in [0.2, 0.25) is 0 Å². The van der Waals surface area contributed by atoms with Crippen LogP contribution in [0.25, 0.3) is 31.9 Å². The van der Waals surface area contributed by atoms with Gasteiger partial charge in [0.05, 0.1) is 11.4 Å². The molecule has 1 aromatic carbocycles. The predicted octanol–water partition coefficient (Wildman–Crippen LogP) is 5.03. The summed E-state index contributed by atoms with van der Waals surface area (Å²) in [4.78, 5) is 18.5. The van der Waals surface area contributed by atoms with E-state index in [1.165, 1.54) is 11.3 Å². The molecule has 0 fully saturated rings. The van der Waals surface area contributed by atoms with Crippen molar-refractivity contribution in [2.45, 2.75) is 0 Å². The van der Waals surface area contributed by atoms with Crippen molar-refractivity contribution in [3.05, 3.63) is 57.7 Å². The Morgan fingerprint density at radius 3 is 2.56 bits per heavy atom. The van der Waals surface area contributed by atoms with Gasteiger partial charge in [0.25, 0.3) is 5.91 Å². The van der Waals surface area contributed by atoms with Gasteiger partial charge in [-0.15, -0.1) is 22.7 Å². The fraction of sp³-hybridized carbons (Fsp3) is 0. The molecule has 4 rings (SSSR count). The summed E-state index contributed by atoms with van der Waals surface area (Å²) in [6.07, 6.45) is 0. The largest absolute Gasteiger partial charge is 0.397 e. The summed E-state index contributed by atoms with van der Waals surface area (Å²) in [6.45, 7) is 0. The Bertz CT molecular complexity index is 1090. The standard InChI is InChI=1S/C18H12ClN3OS2/c19-10-5-3-9(4-6-10)12-8-11(13-2-1-7-24-13)14-15(20)16(17(21)23)25-18(14)22-12/h1-8H,20H2,(H2,21,23). The van der Waals surface area contributed by atoms with Gasteiger partial charge in [-0.05, 0) is 29.6 Å². The van der Waals surface area contributed by atoms with Crippen LogP contribution in [0.2, 0.25) is 5.02 Å². The van der Waals surface area contributed by atoms with Crippen molar-refractivity contribution in [2.75, 3.05) is 5.73 Å². The maximum absolute atomic E-state index is 11.7. The van der Waals surface area contributed by atoms with Gasteiger partial charge in [-0.2, -0.15) is 0 Å². The normalized spacial score (nSPS) is 11.1. The Kier molecular flexibility index (Phi) is 3.95. The number of rotatable bonds is 3. The number of anilines is 1. The van der Waals surface area contributed by atoms with E-state index in [2.05, 4.69) is 0 Å². The molecular formula is C18H12ClN3OS2. The average molecular weight is 386 g/mol. The Balaban J connectivity index is 2.04. The molecule has 3 heterocycles. The van der Waals surface area contributed by atoms with Gasteiger partial charge in [-0.1, -0.05) is 29.8 Å². The first-order valence-corrected chi connectivity index (χ1v) is 9.44. The Morgan fingerprint density at radius 2 is 1.92 bits per heavy atom. The van der Waals surface area contributed by atoms with Gasteiger partial charge >= 0.3 is 0 Å². The second kappa shape index (κ2) is 6.15. The number of amides is 1. The Hall–Kier alpha value is -2.41. The monoisotopic (exact) mass is 385 g/mol. The van der Waals surface area contributed by atoms with Crippen LogP contribution in [0, 0.1) is 0 Å². The number of pyridine rings is 1. The molecule has 0 saturated carbocycles. The first-order chi connectivity index (χ1) is 12.0. The highest BCUT2D eigenvalue weighted by Gasteiger charge is 2.20. The van der Waals surface area contributed by atoms with E-state index < -0.39 is 5.91 Å². The number of nitrogen functional groups attached to an aromatic ring is 1. The predicted molar refractivity (Wildman–Crippen MR) is 106 cm³/mol. The van der Waals surface area contributed by atoms with Crippen molar-refractivity contribution in [1.29, 1.82) is 0 Å². The minimum atomic E-state index is -0.536. The van der Waals surface area contributed by atoms with Crippen LogP contribution in [0.15, 0.2) is 47.8 Å². The summed E-state index contributed by atoms with van der Waals surface area (Å²) in [7, 11) is 0. The molecule has 0 aliphatic heterocycles. The van der Waals surface area contributed by atoms with Gasteiger partial charge < -0.3 is 11.5 Å². The number of nitrogens with two attached hydrogens (primary N) is 2. The SMILES string of the molecule is NC(=O)c1sc2nc(-c3ccc(Cl)cc3)cc(-c3cccs3)c2c1N.